The summed E-state index contributed by atoms with van der Waals surface area (Å²) < 4.78 is 32.4. The number of rotatable bonds is 5. The van der Waals surface area contributed by atoms with Crippen LogP contribution in [0.1, 0.15) is 23.6 Å². The summed E-state index contributed by atoms with van der Waals surface area (Å²) in [5.74, 6) is -1.95. The van der Waals surface area contributed by atoms with Crippen LogP contribution in [-0.2, 0) is 10.3 Å². The molecule has 3 amide bonds. The Morgan fingerprint density at radius 1 is 1.07 bits per heavy atom. The summed E-state index contributed by atoms with van der Waals surface area (Å²) in [5, 5.41) is 2.56. The van der Waals surface area contributed by atoms with Gasteiger partial charge in [0.15, 0.2) is 11.6 Å². The van der Waals surface area contributed by atoms with E-state index < -0.39 is 29.1 Å². The first-order valence-corrected chi connectivity index (χ1v) is 8.52. The highest BCUT2D eigenvalue weighted by molar-refractivity contribution is 6.07. The molecule has 0 spiro atoms. The minimum atomic E-state index is -1.45. The topological polar surface area (TPSA) is 58.6 Å². The lowest BCUT2D eigenvalue weighted by Gasteiger charge is -2.22. The number of aryl methyl sites for hydroxylation is 2. The Kier molecular flexibility index (Phi) is 4.87. The molecule has 0 radical (unpaired) electrons. The second-order valence-corrected chi connectivity index (χ2v) is 6.76. The quantitative estimate of drug-likeness (QED) is 0.816. The van der Waals surface area contributed by atoms with Crippen LogP contribution in [0.25, 0.3) is 0 Å². The summed E-state index contributed by atoms with van der Waals surface area (Å²) in [6.45, 7) is 5.47. The summed E-state index contributed by atoms with van der Waals surface area (Å²) >= 11 is 0. The standard InChI is InChI=1S/C20H20F2N2O3/c1-12-4-5-13(2)17(10-12)27-9-8-24-18(25)20(3,23-19(24)26)14-6-7-15(21)16(22)11-14/h4-7,10-11H,8-9H2,1-3H3,(H,23,26). The third-order valence-corrected chi connectivity index (χ3v) is 4.69. The van der Waals surface area contributed by atoms with Crippen molar-refractivity contribution >= 4 is 11.9 Å². The van der Waals surface area contributed by atoms with Gasteiger partial charge in [0.1, 0.15) is 17.9 Å². The van der Waals surface area contributed by atoms with Gasteiger partial charge in [-0.2, -0.15) is 0 Å². The van der Waals surface area contributed by atoms with Crippen LogP contribution in [0.5, 0.6) is 5.75 Å². The number of carbonyl (C=O) groups excluding carboxylic acids is 2. The van der Waals surface area contributed by atoms with Gasteiger partial charge in [-0.15, -0.1) is 0 Å². The molecule has 1 heterocycles. The lowest BCUT2D eigenvalue weighted by atomic mass is 9.92. The van der Waals surface area contributed by atoms with E-state index in [2.05, 4.69) is 5.32 Å². The third-order valence-electron chi connectivity index (χ3n) is 4.69. The van der Waals surface area contributed by atoms with Crippen LogP contribution >= 0.6 is 0 Å². The molecule has 0 bridgehead atoms. The van der Waals surface area contributed by atoms with Gasteiger partial charge in [-0.05, 0) is 55.7 Å². The van der Waals surface area contributed by atoms with Crippen LogP contribution in [0.3, 0.4) is 0 Å². The van der Waals surface area contributed by atoms with Gasteiger partial charge in [0.05, 0.1) is 6.54 Å². The molecule has 142 valence electrons. The predicted octanol–water partition coefficient (Wildman–Crippen LogP) is 3.43. The molecule has 7 heteroatoms. The van der Waals surface area contributed by atoms with Gasteiger partial charge < -0.3 is 10.1 Å². The molecule has 1 unspecified atom stereocenters. The molecule has 1 atom stereocenters. The number of imide groups is 1. The Hall–Kier alpha value is -2.96. The molecule has 0 saturated carbocycles. The number of benzene rings is 2. The van der Waals surface area contributed by atoms with Gasteiger partial charge in [0.25, 0.3) is 5.91 Å². The molecule has 1 N–H and O–H groups in total. The highest BCUT2D eigenvalue weighted by Crippen LogP contribution is 2.29. The van der Waals surface area contributed by atoms with Gasteiger partial charge >= 0.3 is 6.03 Å². The maximum atomic E-state index is 13.6. The molecular formula is C20H20F2N2O3. The minimum absolute atomic E-state index is 0.0390. The number of nitrogens with zero attached hydrogens (tertiary/aromatic N) is 1. The van der Waals surface area contributed by atoms with Crippen molar-refractivity contribution in [2.75, 3.05) is 13.2 Å². The second-order valence-electron chi connectivity index (χ2n) is 6.76. The molecular weight excluding hydrogens is 354 g/mol. The van der Waals surface area contributed by atoms with Crippen molar-refractivity contribution in [3.8, 4) is 5.75 Å². The van der Waals surface area contributed by atoms with Crippen molar-refractivity contribution in [1.82, 2.24) is 10.2 Å². The van der Waals surface area contributed by atoms with E-state index in [-0.39, 0.29) is 18.7 Å². The van der Waals surface area contributed by atoms with E-state index in [0.29, 0.717) is 5.75 Å². The van der Waals surface area contributed by atoms with Crippen LogP contribution in [0.2, 0.25) is 0 Å². The molecule has 1 fully saturated rings. The van der Waals surface area contributed by atoms with Gasteiger partial charge in [-0.25, -0.2) is 13.6 Å². The molecule has 27 heavy (non-hydrogen) atoms. The summed E-state index contributed by atoms with van der Waals surface area (Å²) in [6, 6.07) is 8.31. The van der Waals surface area contributed by atoms with Gasteiger partial charge in [-0.1, -0.05) is 18.2 Å². The summed E-state index contributed by atoms with van der Waals surface area (Å²) in [7, 11) is 0. The minimum Gasteiger partial charge on any atom is -0.491 e. The van der Waals surface area contributed by atoms with Crippen molar-refractivity contribution < 1.29 is 23.1 Å². The van der Waals surface area contributed by atoms with E-state index in [9.17, 15) is 18.4 Å². The lowest BCUT2D eigenvalue weighted by Crippen LogP contribution is -2.41. The number of nitrogens with one attached hydrogen (secondary N) is 1. The Morgan fingerprint density at radius 3 is 2.52 bits per heavy atom. The summed E-state index contributed by atoms with van der Waals surface area (Å²) in [5.41, 5.74) is 0.712. The van der Waals surface area contributed by atoms with E-state index in [1.54, 1.807) is 0 Å². The smallest absolute Gasteiger partial charge is 0.325 e. The maximum Gasteiger partial charge on any atom is 0.325 e. The van der Waals surface area contributed by atoms with E-state index in [1.165, 1.54) is 13.0 Å². The van der Waals surface area contributed by atoms with Crippen LogP contribution in [0.4, 0.5) is 13.6 Å². The number of amides is 3. The first-order chi connectivity index (χ1) is 12.7. The molecule has 2 aromatic carbocycles. The number of urea groups is 1. The molecule has 1 aliphatic heterocycles. The van der Waals surface area contributed by atoms with Gasteiger partial charge in [0, 0.05) is 0 Å². The number of carbonyl (C=O) groups is 2. The highest BCUT2D eigenvalue weighted by atomic mass is 19.2. The number of hydrogen-bond acceptors (Lipinski definition) is 3. The summed E-state index contributed by atoms with van der Waals surface area (Å²) in [6.07, 6.45) is 0. The van der Waals surface area contributed by atoms with Gasteiger partial charge in [-0.3, -0.25) is 9.69 Å². The Bertz CT molecular complexity index is 916. The zero-order chi connectivity index (χ0) is 19.8. The van der Waals surface area contributed by atoms with E-state index >= 15 is 0 Å². The number of ether oxygens (including phenoxy) is 1. The summed E-state index contributed by atoms with van der Waals surface area (Å²) in [4.78, 5) is 26.0. The maximum absolute atomic E-state index is 13.6. The first-order valence-electron chi connectivity index (χ1n) is 8.52. The van der Waals surface area contributed by atoms with Crippen molar-refractivity contribution in [2.24, 2.45) is 0 Å². The molecule has 0 aromatic heterocycles. The molecule has 1 aliphatic rings. The van der Waals surface area contributed by atoms with Crippen molar-refractivity contribution in [3.63, 3.8) is 0 Å². The fourth-order valence-corrected chi connectivity index (χ4v) is 3.01. The van der Waals surface area contributed by atoms with E-state index in [0.717, 1.165) is 28.2 Å². The zero-order valence-electron chi connectivity index (χ0n) is 15.3. The van der Waals surface area contributed by atoms with Crippen molar-refractivity contribution in [2.45, 2.75) is 26.3 Å². The second kappa shape index (κ2) is 6.98. The van der Waals surface area contributed by atoms with E-state index in [1.807, 2.05) is 32.0 Å². The first kappa shape index (κ1) is 18.8. The predicted molar refractivity (Wildman–Crippen MR) is 95.4 cm³/mol. The lowest BCUT2D eigenvalue weighted by molar-refractivity contribution is -0.131. The highest BCUT2D eigenvalue weighted by Gasteiger charge is 2.49. The fourth-order valence-electron chi connectivity index (χ4n) is 3.01. The monoisotopic (exact) mass is 374 g/mol. The molecule has 1 saturated heterocycles. The number of halogens is 2. The van der Waals surface area contributed by atoms with E-state index in [4.69, 9.17) is 4.74 Å². The molecule has 5 nitrogen and oxygen atoms in total. The zero-order valence-corrected chi connectivity index (χ0v) is 15.3. The van der Waals surface area contributed by atoms with Crippen LogP contribution in [0, 0.1) is 25.5 Å². The Morgan fingerprint density at radius 2 is 1.81 bits per heavy atom. The van der Waals surface area contributed by atoms with Crippen LogP contribution < -0.4 is 10.1 Å². The normalized spacial score (nSPS) is 19.4. The largest absolute Gasteiger partial charge is 0.491 e. The van der Waals surface area contributed by atoms with Crippen molar-refractivity contribution in [3.05, 3.63) is 64.7 Å². The molecule has 2 aromatic rings. The van der Waals surface area contributed by atoms with Crippen LogP contribution in [-0.4, -0.2) is 30.0 Å². The van der Waals surface area contributed by atoms with Crippen molar-refractivity contribution in [1.29, 1.82) is 0 Å². The number of hydrogen-bond donors (Lipinski definition) is 1. The SMILES string of the molecule is Cc1ccc(C)c(OCCN2C(=O)NC(C)(c3ccc(F)c(F)c3)C2=O)c1. The van der Waals surface area contributed by atoms with Crippen LogP contribution in [0.15, 0.2) is 36.4 Å². The Balaban J connectivity index is 1.72. The molecule has 0 aliphatic carbocycles. The third kappa shape index (κ3) is 3.49. The molecule has 3 rings (SSSR count). The Labute approximate surface area is 155 Å². The average molecular weight is 374 g/mol. The fraction of sp³-hybridized carbons (Fsp3) is 0.300. The average Bonchev–Trinajstić information content (AvgIpc) is 2.84. The van der Waals surface area contributed by atoms with Gasteiger partial charge in [0.2, 0.25) is 0 Å².